The first kappa shape index (κ1) is 35.6. The molecule has 0 aromatic heterocycles. The van der Waals surface area contributed by atoms with Gasteiger partial charge in [-0.25, -0.2) is 12.8 Å². The number of benzene rings is 2. The highest BCUT2D eigenvalue weighted by Crippen LogP contribution is 2.57. The number of rotatable bonds is 7. The summed E-state index contributed by atoms with van der Waals surface area (Å²) >= 11 is 0. The van der Waals surface area contributed by atoms with E-state index in [4.69, 9.17) is 0 Å². The molecular formula is C35H40F7NO3S. The molecule has 4 nitrogen and oxygen atoms in total. The number of nitrogens with zero attached hydrogens (tertiary/aromatic N) is 1. The molecule has 0 N–H and O–H groups in total. The Hall–Kier alpha value is -2.73. The molecule has 5 rings (SSSR count). The lowest BCUT2D eigenvalue weighted by atomic mass is 9.76. The van der Waals surface area contributed by atoms with Gasteiger partial charge in [-0.1, -0.05) is 55.3 Å². The molecule has 12 heteroatoms. The van der Waals surface area contributed by atoms with E-state index in [0.717, 1.165) is 44.6 Å². The first-order valence-corrected chi connectivity index (χ1v) is 17.5. The van der Waals surface area contributed by atoms with Crippen LogP contribution >= 0.6 is 0 Å². The van der Waals surface area contributed by atoms with Gasteiger partial charge in [0.1, 0.15) is 10.5 Å². The third-order valence-electron chi connectivity index (χ3n) is 10.7. The Bertz CT molecular complexity index is 1600. The number of hydrogen-bond donors (Lipinski definition) is 0. The molecule has 0 radical (unpaired) electrons. The number of hydrogen-bond acceptors (Lipinski definition) is 4. The van der Waals surface area contributed by atoms with Crippen LogP contribution in [0.4, 0.5) is 30.7 Å². The van der Waals surface area contributed by atoms with E-state index in [2.05, 4.69) is 11.5 Å². The Morgan fingerprint density at radius 1 is 0.894 bits per heavy atom. The zero-order valence-corrected chi connectivity index (χ0v) is 27.3. The van der Waals surface area contributed by atoms with Crippen LogP contribution in [0.25, 0.3) is 5.57 Å². The second kappa shape index (κ2) is 12.6. The first-order chi connectivity index (χ1) is 21.8. The van der Waals surface area contributed by atoms with Crippen LogP contribution in [0, 0.1) is 11.8 Å². The van der Waals surface area contributed by atoms with Gasteiger partial charge < -0.3 is 0 Å². The summed E-state index contributed by atoms with van der Waals surface area (Å²) in [6.07, 6.45) is -7.22. The zero-order chi connectivity index (χ0) is 34.6. The zero-order valence-electron chi connectivity index (χ0n) is 26.5. The van der Waals surface area contributed by atoms with Gasteiger partial charge in [0.05, 0.1) is 4.90 Å². The number of carbonyl (C=O) groups excluding carboxylic acids is 1. The molecule has 2 aromatic carbocycles. The molecule has 1 saturated carbocycles. The highest BCUT2D eigenvalue weighted by molar-refractivity contribution is 7.92. The average Bonchev–Trinajstić information content (AvgIpc) is 3.36. The van der Waals surface area contributed by atoms with Gasteiger partial charge in [0.15, 0.2) is 9.84 Å². The summed E-state index contributed by atoms with van der Waals surface area (Å²) in [6.45, 7) is 8.15. The summed E-state index contributed by atoms with van der Waals surface area (Å²) in [5.74, 6) is 0.344. The van der Waals surface area contributed by atoms with Crippen molar-refractivity contribution in [2.75, 3.05) is 13.1 Å². The molecule has 2 aliphatic carbocycles. The van der Waals surface area contributed by atoms with Crippen molar-refractivity contribution in [3.63, 3.8) is 0 Å². The van der Waals surface area contributed by atoms with Crippen molar-refractivity contribution >= 4 is 21.2 Å². The first-order valence-electron chi connectivity index (χ1n) is 16.1. The molecule has 2 aromatic rings. The van der Waals surface area contributed by atoms with E-state index in [1.807, 2.05) is 0 Å². The van der Waals surface area contributed by atoms with Crippen LogP contribution in [0.5, 0.6) is 0 Å². The maximum atomic E-state index is 15.1. The van der Waals surface area contributed by atoms with Crippen LogP contribution in [0.15, 0.2) is 53.9 Å². The summed E-state index contributed by atoms with van der Waals surface area (Å²) < 4.78 is 125. The van der Waals surface area contributed by atoms with E-state index in [0.29, 0.717) is 36.4 Å². The highest BCUT2D eigenvalue weighted by Gasteiger charge is 2.73. The molecule has 0 bridgehead atoms. The molecule has 258 valence electrons. The third kappa shape index (κ3) is 6.06. The minimum atomic E-state index is -6.28. The Morgan fingerprint density at radius 2 is 1.53 bits per heavy atom. The second-order valence-electron chi connectivity index (χ2n) is 13.6. The number of carbonyl (C=O) groups is 1. The Labute approximate surface area is 271 Å². The van der Waals surface area contributed by atoms with Gasteiger partial charge in [-0.05, 0) is 93.5 Å². The summed E-state index contributed by atoms with van der Waals surface area (Å²) in [5, 5.41) is 0. The number of likely N-dealkylation sites (tertiary alicyclic amines) is 1. The standard InChI is InChI=1S/C35H40F7NO3S/c1-22(2)25-10-14-29(15-11-25)47(45,46)32-18-19-43(21-24-6-4-5-7-26(9-8-24)23(3)44)31(32)17-12-27-20-28(13-16-30(27)32)33(36,34(37,38)39)35(40,41)42/h10-11,13-16,20,24,26,31H,1,4-9,12,17-19,21H2,2-3H3/t24?,26?,31-,32-/m1/s1. The minimum Gasteiger partial charge on any atom is -0.300 e. The van der Waals surface area contributed by atoms with E-state index in [1.54, 1.807) is 26.0 Å². The van der Waals surface area contributed by atoms with Crippen molar-refractivity contribution in [3.05, 3.63) is 71.3 Å². The van der Waals surface area contributed by atoms with Gasteiger partial charge in [-0.2, -0.15) is 26.3 Å². The van der Waals surface area contributed by atoms with Crippen LogP contribution in [-0.2, 0) is 31.5 Å². The lowest BCUT2D eigenvalue weighted by Gasteiger charge is -2.44. The van der Waals surface area contributed by atoms with Crippen molar-refractivity contribution < 1.29 is 43.9 Å². The monoisotopic (exact) mass is 687 g/mol. The number of Topliss-reactive ketones (excluding diaryl/α,β-unsaturated/α-hetero) is 1. The molecule has 2 unspecified atom stereocenters. The summed E-state index contributed by atoms with van der Waals surface area (Å²) in [6, 6.07) is 7.51. The van der Waals surface area contributed by atoms with Gasteiger partial charge in [0.2, 0.25) is 0 Å². The molecular weight excluding hydrogens is 647 g/mol. The summed E-state index contributed by atoms with van der Waals surface area (Å²) in [7, 11) is -4.28. The molecule has 47 heavy (non-hydrogen) atoms. The van der Waals surface area contributed by atoms with Gasteiger partial charge in [-0.3, -0.25) is 9.69 Å². The lowest BCUT2D eigenvalue weighted by molar-refractivity contribution is -0.348. The number of ketones is 1. The molecule has 0 amide bonds. The molecule has 1 heterocycles. The van der Waals surface area contributed by atoms with Gasteiger partial charge in [0.25, 0.3) is 0 Å². The maximum Gasteiger partial charge on any atom is 0.435 e. The van der Waals surface area contributed by atoms with Crippen LogP contribution in [-0.4, -0.2) is 50.6 Å². The molecule has 4 atom stereocenters. The Morgan fingerprint density at radius 3 is 2.13 bits per heavy atom. The Balaban J connectivity index is 1.59. The van der Waals surface area contributed by atoms with Gasteiger partial charge >= 0.3 is 18.0 Å². The molecule has 2 fully saturated rings. The molecule has 1 saturated heterocycles. The predicted molar refractivity (Wildman–Crippen MR) is 165 cm³/mol. The topological polar surface area (TPSA) is 54.5 Å². The fraction of sp³-hybridized carbons (Fsp3) is 0.571. The number of aryl methyl sites for hydroxylation is 1. The molecule has 1 aliphatic heterocycles. The van der Waals surface area contributed by atoms with Crippen LogP contribution in [0.2, 0.25) is 0 Å². The van der Waals surface area contributed by atoms with Crippen molar-refractivity contribution in [3.8, 4) is 0 Å². The normalized spacial score (nSPS) is 26.2. The van der Waals surface area contributed by atoms with Crippen LogP contribution in [0.3, 0.4) is 0 Å². The number of halogens is 7. The van der Waals surface area contributed by atoms with Crippen LogP contribution in [0.1, 0.15) is 87.5 Å². The van der Waals surface area contributed by atoms with E-state index >= 15 is 4.39 Å². The van der Waals surface area contributed by atoms with Crippen LogP contribution < -0.4 is 0 Å². The third-order valence-corrected chi connectivity index (χ3v) is 13.3. The smallest absolute Gasteiger partial charge is 0.300 e. The number of alkyl halides is 7. The van der Waals surface area contributed by atoms with Crippen molar-refractivity contribution in [2.45, 2.75) is 105 Å². The SMILES string of the molecule is C=C(C)c1ccc(S(=O)(=O)[C@@]23CCN(CC4CCCCC(C(C)=O)CC4)[C@@H]2CCc2cc(C(F)(C(F)(F)F)C(F)(F)F)ccc23)cc1. The number of sulfone groups is 1. The lowest BCUT2D eigenvalue weighted by Crippen LogP contribution is -2.52. The fourth-order valence-corrected chi connectivity index (χ4v) is 10.5. The highest BCUT2D eigenvalue weighted by atomic mass is 32.2. The van der Waals surface area contributed by atoms with E-state index in [-0.39, 0.29) is 52.9 Å². The Kier molecular flexibility index (Phi) is 9.55. The van der Waals surface area contributed by atoms with Crippen molar-refractivity contribution in [1.82, 2.24) is 4.90 Å². The van der Waals surface area contributed by atoms with E-state index in [9.17, 15) is 39.6 Å². The summed E-state index contributed by atoms with van der Waals surface area (Å²) in [4.78, 5) is 14.2. The number of fused-ring (bicyclic) bond motifs is 3. The summed E-state index contributed by atoms with van der Waals surface area (Å²) in [5.41, 5.74) is -5.72. The van der Waals surface area contributed by atoms with E-state index < -0.39 is 44.2 Å². The molecule has 0 spiro atoms. The minimum absolute atomic E-state index is 0.00945. The maximum absolute atomic E-state index is 15.1. The van der Waals surface area contributed by atoms with Crippen molar-refractivity contribution in [2.24, 2.45) is 11.8 Å². The predicted octanol–water partition coefficient (Wildman–Crippen LogP) is 8.87. The fourth-order valence-electron chi connectivity index (χ4n) is 8.14. The average molecular weight is 688 g/mol. The largest absolute Gasteiger partial charge is 0.435 e. The molecule has 3 aliphatic rings. The van der Waals surface area contributed by atoms with E-state index in [1.165, 1.54) is 12.1 Å². The van der Waals surface area contributed by atoms with Crippen molar-refractivity contribution in [1.29, 1.82) is 0 Å². The van der Waals surface area contributed by atoms with Gasteiger partial charge in [-0.15, -0.1) is 0 Å². The quantitative estimate of drug-likeness (QED) is 0.273. The second-order valence-corrected chi connectivity index (χ2v) is 15.8. The number of allylic oxidation sites excluding steroid dienone is 1. The van der Waals surface area contributed by atoms with Gasteiger partial charge in [0, 0.05) is 30.6 Å².